The Kier molecular flexibility index (Phi) is 5.85. The molecule has 162 valence electrons. The molecule has 2 N–H and O–H groups in total. The highest BCUT2D eigenvalue weighted by Gasteiger charge is 2.26. The van der Waals surface area contributed by atoms with Crippen LogP contribution in [0.1, 0.15) is 23.3 Å². The summed E-state index contributed by atoms with van der Waals surface area (Å²) in [5, 5.41) is 5.85. The number of H-pyrrole nitrogens is 1. The van der Waals surface area contributed by atoms with Crippen molar-refractivity contribution < 1.29 is 4.79 Å². The molecule has 5 rings (SSSR count). The molecule has 0 saturated carbocycles. The van der Waals surface area contributed by atoms with Crippen LogP contribution in [0.25, 0.3) is 21.7 Å². The summed E-state index contributed by atoms with van der Waals surface area (Å²) < 4.78 is 1.77. The van der Waals surface area contributed by atoms with Crippen molar-refractivity contribution in [1.29, 1.82) is 0 Å². The number of hydrogen-bond acceptors (Lipinski definition) is 5. The molecule has 0 radical (unpaired) electrons. The molecule has 0 bridgehead atoms. The number of aromatic amines is 1. The molecular formula is C23H19BrIN5O2. The van der Waals surface area contributed by atoms with Gasteiger partial charge in [0, 0.05) is 46.8 Å². The fourth-order valence-electron chi connectivity index (χ4n) is 4.19. The van der Waals surface area contributed by atoms with E-state index in [4.69, 9.17) is 4.98 Å². The van der Waals surface area contributed by atoms with Crippen LogP contribution in [0, 0.1) is 3.57 Å². The molecule has 4 aromatic rings. The number of carbonyl (C=O) groups excluding carboxylic acids is 1. The standard InChI is InChI=1S/C23H19BrIN5O2/c24-13-6-7-15-16(10-13)19-20(17(25)11-27-22(19)31)29-21(15)28-14-4-3-9-30(12-14)23(32)18-5-1-2-8-26-18/h1-2,5-8,10-11,14H,3-4,9,12H2,(H,27,31)(H,28,29)/t14-/m0/s1. The first kappa shape index (κ1) is 21.3. The number of piperidine rings is 1. The number of anilines is 1. The molecule has 32 heavy (non-hydrogen) atoms. The van der Waals surface area contributed by atoms with Crippen molar-refractivity contribution in [3.63, 3.8) is 0 Å². The van der Waals surface area contributed by atoms with Gasteiger partial charge in [-0.3, -0.25) is 14.6 Å². The molecular weight excluding hydrogens is 585 g/mol. The van der Waals surface area contributed by atoms with Gasteiger partial charge in [0.25, 0.3) is 11.5 Å². The Balaban J connectivity index is 1.51. The van der Waals surface area contributed by atoms with Crippen LogP contribution in [0.4, 0.5) is 5.82 Å². The smallest absolute Gasteiger partial charge is 0.272 e. The Morgan fingerprint density at radius 1 is 1.25 bits per heavy atom. The van der Waals surface area contributed by atoms with Gasteiger partial charge in [0.05, 0.1) is 14.5 Å². The van der Waals surface area contributed by atoms with Gasteiger partial charge in [-0.05, 0) is 65.8 Å². The van der Waals surface area contributed by atoms with Gasteiger partial charge in [-0.15, -0.1) is 0 Å². The molecule has 3 aromatic heterocycles. The van der Waals surface area contributed by atoms with Gasteiger partial charge >= 0.3 is 0 Å². The number of likely N-dealkylation sites (tertiary alicyclic amines) is 1. The summed E-state index contributed by atoms with van der Waals surface area (Å²) >= 11 is 5.72. The minimum atomic E-state index is -0.160. The van der Waals surface area contributed by atoms with E-state index in [1.807, 2.05) is 29.2 Å². The number of aromatic nitrogens is 3. The van der Waals surface area contributed by atoms with Gasteiger partial charge in [0.2, 0.25) is 0 Å². The fourth-order valence-corrected chi connectivity index (χ4v) is 5.10. The molecule has 1 aliphatic heterocycles. The Morgan fingerprint density at radius 3 is 2.94 bits per heavy atom. The molecule has 1 aromatic carbocycles. The molecule has 0 unspecified atom stereocenters. The van der Waals surface area contributed by atoms with E-state index in [1.165, 1.54) is 0 Å². The first-order chi connectivity index (χ1) is 15.5. The summed E-state index contributed by atoms with van der Waals surface area (Å²) in [4.78, 5) is 39.2. The summed E-state index contributed by atoms with van der Waals surface area (Å²) in [7, 11) is 0. The maximum atomic E-state index is 12.9. The molecule has 1 saturated heterocycles. The zero-order valence-electron chi connectivity index (χ0n) is 16.9. The van der Waals surface area contributed by atoms with Crippen LogP contribution in [0.5, 0.6) is 0 Å². The Labute approximate surface area is 205 Å². The number of rotatable bonds is 3. The third-order valence-electron chi connectivity index (χ3n) is 5.68. The number of pyridine rings is 3. The first-order valence-electron chi connectivity index (χ1n) is 10.3. The highest BCUT2D eigenvalue weighted by Crippen LogP contribution is 2.32. The van der Waals surface area contributed by atoms with Crippen LogP contribution >= 0.6 is 38.5 Å². The van der Waals surface area contributed by atoms with Gasteiger partial charge < -0.3 is 15.2 Å². The van der Waals surface area contributed by atoms with E-state index >= 15 is 0 Å². The van der Waals surface area contributed by atoms with Gasteiger partial charge in [-0.25, -0.2) is 4.98 Å². The maximum Gasteiger partial charge on any atom is 0.272 e. The van der Waals surface area contributed by atoms with E-state index < -0.39 is 0 Å². The van der Waals surface area contributed by atoms with Crippen molar-refractivity contribution in [1.82, 2.24) is 19.9 Å². The predicted octanol–water partition coefficient (Wildman–Crippen LogP) is 4.56. The zero-order valence-corrected chi connectivity index (χ0v) is 20.7. The van der Waals surface area contributed by atoms with E-state index in [9.17, 15) is 9.59 Å². The lowest BCUT2D eigenvalue weighted by Crippen LogP contribution is -2.45. The minimum Gasteiger partial charge on any atom is -0.365 e. The number of carbonyl (C=O) groups is 1. The average Bonchev–Trinajstić information content (AvgIpc) is 2.81. The van der Waals surface area contributed by atoms with Gasteiger partial charge in [0.1, 0.15) is 11.5 Å². The maximum absolute atomic E-state index is 12.9. The molecule has 1 atom stereocenters. The topological polar surface area (TPSA) is 91.0 Å². The average molecular weight is 604 g/mol. The van der Waals surface area contributed by atoms with E-state index in [-0.39, 0.29) is 17.5 Å². The lowest BCUT2D eigenvalue weighted by atomic mass is 10.0. The number of hydrogen-bond donors (Lipinski definition) is 2. The predicted molar refractivity (Wildman–Crippen MR) is 137 cm³/mol. The molecule has 4 heterocycles. The number of amides is 1. The van der Waals surface area contributed by atoms with Gasteiger partial charge in [0.15, 0.2) is 0 Å². The van der Waals surface area contributed by atoms with Crippen molar-refractivity contribution in [2.75, 3.05) is 18.4 Å². The second kappa shape index (κ2) is 8.78. The fraction of sp³-hybridized carbons (Fsp3) is 0.217. The third-order valence-corrected chi connectivity index (χ3v) is 7.00. The number of nitrogens with one attached hydrogen (secondary N) is 2. The minimum absolute atomic E-state index is 0.0490. The van der Waals surface area contributed by atoms with Crippen LogP contribution in [0.15, 0.2) is 58.1 Å². The highest BCUT2D eigenvalue weighted by atomic mass is 127. The van der Waals surface area contributed by atoms with E-state index in [0.29, 0.717) is 29.7 Å². The van der Waals surface area contributed by atoms with E-state index in [1.54, 1.807) is 24.5 Å². The summed E-state index contributed by atoms with van der Waals surface area (Å²) in [6.45, 7) is 1.28. The summed E-state index contributed by atoms with van der Waals surface area (Å²) in [5.41, 5.74) is 0.966. The SMILES string of the molecule is O=C(c1ccccn1)N1CCC[C@H](Nc2nc3c(I)c[nH]c(=O)c3c3cc(Br)ccc23)C1. The molecule has 1 fully saturated rings. The van der Waals surface area contributed by atoms with Crippen molar-refractivity contribution >= 4 is 71.9 Å². The molecule has 1 aliphatic rings. The van der Waals surface area contributed by atoms with Crippen molar-refractivity contribution in [3.8, 4) is 0 Å². The third kappa shape index (κ3) is 3.99. The monoisotopic (exact) mass is 603 g/mol. The van der Waals surface area contributed by atoms with Gasteiger partial charge in [-0.1, -0.05) is 22.0 Å². The van der Waals surface area contributed by atoms with Crippen molar-refractivity contribution in [2.24, 2.45) is 0 Å². The lowest BCUT2D eigenvalue weighted by Gasteiger charge is -2.33. The van der Waals surface area contributed by atoms with Crippen LogP contribution in [0.2, 0.25) is 0 Å². The number of nitrogens with zero attached hydrogens (tertiary/aromatic N) is 3. The van der Waals surface area contributed by atoms with E-state index in [2.05, 4.69) is 53.8 Å². The Bertz CT molecular complexity index is 1390. The second-order valence-corrected chi connectivity index (χ2v) is 9.87. The van der Waals surface area contributed by atoms with Gasteiger partial charge in [-0.2, -0.15) is 0 Å². The number of benzene rings is 1. The normalized spacial score (nSPS) is 16.4. The lowest BCUT2D eigenvalue weighted by molar-refractivity contribution is 0.0709. The summed E-state index contributed by atoms with van der Waals surface area (Å²) in [6.07, 6.45) is 5.14. The summed E-state index contributed by atoms with van der Waals surface area (Å²) in [6, 6.07) is 11.3. The molecule has 0 spiro atoms. The molecule has 0 aliphatic carbocycles. The molecule has 9 heteroatoms. The zero-order chi connectivity index (χ0) is 22.2. The number of fused-ring (bicyclic) bond motifs is 3. The van der Waals surface area contributed by atoms with Crippen LogP contribution in [-0.2, 0) is 0 Å². The first-order valence-corrected chi connectivity index (χ1v) is 12.2. The quantitative estimate of drug-likeness (QED) is 0.265. The molecule has 7 nitrogen and oxygen atoms in total. The van der Waals surface area contributed by atoms with Crippen LogP contribution < -0.4 is 10.9 Å². The largest absolute Gasteiger partial charge is 0.365 e. The van der Waals surface area contributed by atoms with Crippen molar-refractivity contribution in [2.45, 2.75) is 18.9 Å². The Morgan fingerprint density at radius 2 is 2.12 bits per heavy atom. The second-order valence-electron chi connectivity index (χ2n) is 7.79. The Hall–Kier alpha value is -2.53. The summed E-state index contributed by atoms with van der Waals surface area (Å²) in [5.74, 6) is 0.666. The highest BCUT2D eigenvalue weighted by molar-refractivity contribution is 14.1. The van der Waals surface area contributed by atoms with Crippen LogP contribution in [0.3, 0.4) is 0 Å². The van der Waals surface area contributed by atoms with E-state index in [0.717, 1.165) is 37.5 Å². The van der Waals surface area contributed by atoms with Crippen molar-refractivity contribution in [3.05, 3.63) is 72.9 Å². The van der Waals surface area contributed by atoms with Crippen LogP contribution in [-0.4, -0.2) is 44.9 Å². The number of halogens is 2. The molecule has 1 amide bonds.